The molecule has 6 nitrogen and oxygen atoms in total. The molecule has 162 valence electrons. The van der Waals surface area contributed by atoms with Crippen molar-refractivity contribution in [1.29, 1.82) is 0 Å². The van der Waals surface area contributed by atoms with Gasteiger partial charge in [-0.05, 0) is 42.8 Å². The van der Waals surface area contributed by atoms with Crippen LogP contribution in [-0.4, -0.2) is 48.2 Å². The van der Waals surface area contributed by atoms with E-state index in [4.69, 9.17) is 4.74 Å². The van der Waals surface area contributed by atoms with Gasteiger partial charge in [-0.2, -0.15) is 0 Å². The predicted molar refractivity (Wildman–Crippen MR) is 121 cm³/mol. The van der Waals surface area contributed by atoms with Gasteiger partial charge in [0.15, 0.2) is 5.78 Å². The van der Waals surface area contributed by atoms with Crippen molar-refractivity contribution in [2.45, 2.75) is 19.0 Å². The quantitative estimate of drug-likeness (QED) is 0.415. The van der Waals surface area contributed by atoms with E-state index in [0.717, 1.165) is 16.8 Å². The molecule has 0 bridgehead atoms. The van der Waals surface area contributed by atoms with Gasteiger partial charge in [-0.25, -0.2) is 0 Å². The van der Waals surface area contributed by atoms with Crippen LogP contribution in [0.15, 0.2) is 67.3 Å². The Balaban J connectivity index is 1.66. The highest BCUT2D eigenvalue weighted by atomic mass is 16.5. The molecule has 0 N–H and O–H groups in total. The molecule has 4 atom stereocenters. The van der Waals surface area contributed by atoms with E-state index in [2.05, 4.69) is 6.58 Å². The van der Waals surface area contributed by atoms with Crippen LogP contribution in [-0.2, 0) is 9.59 Å². The molecule has 32 heavy (non-hydrogen) atoms. The number of Topliss-reactive ketones (excluding diaryl/α,β-unsaturated/α-hetero) is 1. The number of para-hydroxylation sites is 1. The zero-order valence-corrected chi connectivity index (χ0v) is 18.0. The minimum absolute atomic E-state index is 0.153. The Morgan fingerprint density at radius 2 is 1.75 bits per heavy atom. The van der Waals surface area contributed by atoms with E-state index in [1.54, 1.807) is 37.5 Å². The van der Waals surface area contributed by atoms with Crippen molar-refractivity contribution in [3.05, 3.63) is 78.4 Å². The zero-order chi connectivity index (χ0) is 22.6. The summed E-state index contributed by atoms with van der Waals surface area (Å²) in [4.78, 5) is 43.8. The highest BCUT2D eigenvalue weighted by Gasteiger charge is 2.64. The Kier molecular flexibility index (Phi) is 4.73. The molecule has 2 fully saturated rings. The van der Waals surface area contributed by atoms with Crippen molar-refractivity contribution in [1.82, 2.24) is 4.90 Å². The van der Waals surface area contributed by atoms with Crippen LogP contribution in [0.2, 0.25) is 0 Å². The van der Waals surface area contributed by atoms with Crippen molar-refractivity contribution in [2.75, 3.05) is 18.6 Å². The van der Waals surface area contributed by atoms with Crippen molar-refractivity contribution in [3.8, 4) is 5.75 Å². The molecule has 0 saturated carbocycles. The fourth-order valence-electron chi connectivity index (χ4n) is 5.39. The number of amides is 2. The Bertz CT molecular complexity index is 1170. The molecule has 0 aliphatic carbocycles. The number of benzene rings is 2. The van der Waals surface area contributed by atoms with Gasteiger partial charge in [0, 0.05) is 23.4 Å². The van der Waals surface area contributed by atoms with Gasteiger partial charge in [-0.1, -0.05) is 30.4 Å². The third kappa shape index (κ3) is 2.75. The lowest BCUT2D eigenvalue weighted by molar-refractivity contribution is -0.139. The van der Waals surface area contributed by atoms with Crippen LogP contribution in [0.3, 0.4) is 0 Å². The summed E-state index contributed by atoms with van der Waals surface area (Å²) in [5.41, 5.74) is 3.43. The van der Waals surface area contributed by atoms with E-state index in [-0.39, 0.29) is 30.2 Å². The number of ether oxygens (including phenoxy) is 1. The lowest BCUT2D eigenvalue weighted by Gasteiger charge is -2.38. The number of nitrogens with zero attached hydrogens (tertiary/aromatic N) is 2. The molecule has 2 saturated heterocycles. The normalized spacial score (nSPS) is 25.8. The number of carbonyl (C=O) groups is 3. The molecule has 2 aromatic rings. The first kappa shape index (κ1) is 20.2. The molecule has 2 amide bonds. The van der Waals surface area contributed by atoms with E-state index >= 15 is 0 Å². The maximum absolute atomic E-state index is 13.8. The smallest absolute Gasteiger partial charge is 0.236 e. The molecule has 0 radical (unpaired) electrons. The number of ketones is 1. The molecule has 0 spiro atoms. The zero-order valence-electron chi connectivity index (χ0n) is 18.0. The molecule has 0 aromatic heterocycles. The van der Waals surface area contributed by atoms with Gasteiger partial charge >= 0.3 is 0 Å². The highest BCUT2D eigenvalue weighted by molar-refractivity contribution is 6.14. The highest BCUT2D eigenvalue weighted by Crippen LogP contribution is 2.50. The number of methoxy groups -OCH3 is 1. The standard InChI is InChI=1S/C26H24N2O4/c1-4-13-27-25(30)21-20-14-15(2)18-7-5-6-8-19(18)28(20)23(22(21)26(27)31)24(29)16-9-11-17(32-3)12-10-16/h4-12,14,20-23H,1,13H2,2-3H3. The van der Waals surface area contributed by atoms with Gasteiger partial charge in [0.1, 0.15) is 11.8 Å². The van der Waals surface area contributed by atoms with E-state index in [9.17, 15) is 14.4 Å². The van der Waals surface area contributed by atoms with Crippen molar-refractivity contribution < 1.29 is 19.1 Å². The number of anilines is 1. The van der Waals surface area contributed by atoms with Crippen molar-refractivity contribution >= 4 is 28.9 Å². The minimum Gasteiger partial charge on any atom is -0.497 e. The fourth-order valence-corrected chi connectivity index (χ4v) is 5.39. The Morgan fingerprint density at radius 1 is 1.06 bits per heavy atom. The lowest BCUT2D eigenvalue weighted by atomic mass is 9.85. The third-order valence-electron chi connectivity index (χ3n) is 6.80. The number of hydrogen-bond acceptors (Lipinski definition) is 5. The van der Waals surface area contributed by atoms with E-state index in [1.807, 2.05) is 42.2 Å². The molecule has 2 aromatic carbocycles. The number of rotatable bonds is 5. The Labute approximate surface area is 186 Å². The molecule has 4 unspecified atom stereocenters. The van der Waals surface area contributed by atoms with E-state index in [0.29, 0.717) is 11.3 Å². The van der Waals surface area contributed by atoms with Crippen LogP contribution in [0.1, 0.15) is 22.8 Å². The molecular weight excluding hydrogens is 404 g/mol. The largest absolute Gasteiger partial charge is 0.497 e. The van der Waals surface area contributed by atoms with Crippen LogP contribution in [0.25, 0.3) is 5.57 Å². The van der Waals surface area contributed by atoms with Gasteiger partial charge in [-0.3, -0.25) is 19.3 Å². The predicted octanol–water partition coefficient (Wildman–Crippen LogP) is 3.34. The van der Waals surface area contributed by atoms with Gasteiger partial charge < -0.3 is 9.64 Å². The number of likely N-dealkylation sites (tertiary alicyclic amines) is 1. The summed E-state index contributed by atoms with van der Waals surface area (Å²) >= 11 is 0. The van der Waals surface area contributed by atoms with Gasteiger partial charge in [0.05, 0.1) is 25.0 Å². The summed E-state index contributed by atoms with van der Waals surface area (Å²) in [7, 11) is 1.57. The summed E-state index contributed by atoms with van der Waals surface area (Å²) in [6, 6.07) is 13.6. The Hall–Kier alpha value is -3.67. The van der Waals surface area contributed by atoms with Gasteiger partial charge in [0.25, 0.3) is 0 Å². The monoisotopic (exact) mass is 428 g/mol. The first-order valence-corrected chi connectivity index (χ1v) is 10.7. The summed E-state index contributed by atoms with van der Waals surface area (Å²) in [6.07, 6.45) is 3.58. The van der Waals surface area contributed by atoms with Gasteiger partial charge in [-0.15, -0.1) is 6.58 Å². The first-order chi connectivity index (χ1) is 15.5. The second kappa shape index (κ2) is 7.48. The first-order valence-electron chi connectivity index (χ1n) is 10.7. The SMILES string of the molecule is C=CCN1C(=O)C2C(C1=O)C(C(=O)c1ccc(OC)cc1)N1c3ccccc3C(C)=CC21. The number of allylic oxidation sites excluding steroid dienone is 1. The Morgan fingerprint density at radius 3 is 2.44 bits per heavy atom. The molecule has 3 heterocycles. The van der Waals surface area contributed by atoms with Gasteiger partial charge in [0.2, 0.25) is 11.8 Å². The minimum atomic E-state index is -0.768. The second-order valence-corrected chi connectivity index (χ2v) is 8.43. The van der Waals surface area contributed by atoms with Crippen LogP contribution in [0.5, 0.6) is 5.75 Å². The van der Waals surface area contributed by atoms with E-state index in [1.165, 1.54) is 4.90 Å². The number of carbonyl (C=O) groups excluding carboxylic acids is 3. The topological polar surface area (TPSA) is 66.9 Å². The maximum Gasteiger partial charge on any atom is 0.236 e. The molecular formula is C26H24N2O4. The average Bonchev–Trinajstić information content (AvgIpc) is 3.27. The summed E-state index contributed by atoms with van der Waals surface area (Å²) in [5.74, 6) is -1.40. The van der Waals surface area contributed by atoms with Crippen molar-refractivity contribution in [3.63, 3.8) is 0 Å². The number of fused-ring (bicyclic) bond motifs is 5. The van der Waals surface area contributed by atoms with E-state index < -0.39 is 17.9 Å². The third-order valence-corrected chi connectivity index (χ3v) is 6.80. The summed E-state index contributed by atoms with van der Waals surface area (Å²) in [6.45, 7) is 5.84. The molecule has 3 aliphatic rings. The van der Waals surface area contributed by atoms with Crippen LogP contribution < -0.4 is 9.64 Å². The molecule has 5 rings (SSSR count). The summed E-state index contributed by atoms with van der Waals surface area (Å²) in [5, 5.41) is 0. The fraction of sp³-hybridized carbons (Fsp3) is 0.269. The molecule has 6 heteroatoms. The van der Waals surface area contributed by atoms with Crippen LogP contribution >= 0.6 is 0 Å². The van der Waals surface area contributed by atoms with Crippen LogP contribution in [0.4, 0.5) is 5.69 Å². The van der Waals surface area contributed by atoms with Crippen molar-refractivity contribution in [2.24, 2.45) is 11.8 Å². The second-order valence-electron chi connectivity index (χ2n) is 8.43. The summed E-state index contributed by atoms with van der Waals surface area (Å²) < 4.78 is 5.22. The lowest BCUT2D eigenvalue weighted by Crippen LogP contribution is -2.49. The van der Waals surface area contributed by atoms with Crippen LogP contribution in [0, 0.1) is 11.8 Å². The number of hydrogen-bond donors (Lipinski definition) is 0. The molecule has 3 aliphatic heterocycles. The maximum atomic E-state index is 13.8. The average molecular weight is 428 g/mol. The number of imide groups is 1.